The molecular weight excluding hydrogens is 985 g/mol. The minimum absolute atomic E-state index is 0.00201. The third-order valence-electron chi connectivity index (χ3n) is 12.0. The molecule has 6 N–H and O–H groups in total. The zero-order valence-electron chi connectivity index (χ0n) is 43.1. The Kier molecular flexibility index (Phi) is 32.5. The number of anilines is 1. The van der Waals surface area contributed by atoms with E-state index in [2.05, 4.69) is 65.7 Å². The number of aromatic nitrogens is 2. The summed E-state index contributed by atoms with van der Waals surface area (Å²) in [4.78, 5) is 61.9. The first-order valence-corrected chi connectivity index (χ1v) is 29.4. The maximum absolute atomic E-state index is 12.9. The lowest BCUT2D eigenvalue weighted by Crippen LogP contribution is -2.36. The van der Waals surface area contributed by atoms with Crippen LogP contribution in [0.2, 0.25) is 0 Å². The highest BCUT2D eigenvalue weighted by Crippen LogP contribution is 2.60. The molecule has 0 radical (unpaired) electrons. The average molecular weight is 1070 g/mol. The van der Waals surface area contributed by atoms with Crippen molar-refractivity contribution in [3.05, 3.63) is 83.5 Å². The van der Waals surface area contributed by atoms with Gasteiger partial charge >= 0.3 is 33.3 Å². The zero-order valence-corrected chi connectivity index (χ0v) is 44.9. The second-order valence-corrected chi connectivity index (χ2v) is 21.4. The van der Waals surface area contributed by atoms with Crippen LogP contribution in [0.4, 0.5) is 5.82 Å². The topological polar surface area (TPSA) is 278 Å². The number of ether oxygens (including phenoxy) is 4. The Labute approximate surface area is 432 Å². The zero-order chi connectivity index (χ0) is 53.2. The summed E-state index contributed by atoms with van der Waals surface area (Å²) in [5.74, 6) is -1.40. The van der Waals surface area contributed by atoms with Crippen LogP contribution in [0.25, 0.3) is 0 Å². The van der Waals surface area contributed by atoms with Crippen LogP contribution in [0.1, 0.15) is 174 Å². The van der Waals surface area contributed by atoms with Crippen molar-refractivity contribution in [3.63, 3.8) is 0 Å². The van der Waals surface area contributed by atoms with Crippen LogP contribution in [-0.2, 0) is 51.0 Å². The Bertz CT molecular complexity index is 2030. The maximum atomic E-state index is 12.9. The number of phosphoric ester groups is 2. The lowest BCUT2D eigenvalue weighted by atomic mass is 10.0. The van der Waals surface area contributed by atoms with Crippen LogP contribution in [-0.4, -0.2) is 97.9 Å². The van der Waals surface area contributed by atoms with Gasteiger partial charge in [-0.2, -0.15) is 9.29 Å². The van der Waals surface area contributed by atoms with Crippen molar-refractivity contribution >= 4 is 33.4 Å². The van der Waals surface area contributed by atoms with Gasteiger partial charge in [0, 0.05) is 19.0 Å². The summed E-state index contributed by atoms with van der Waals surface area (Å²) in [6.07, 6.45) is 37.8. The molecule has 3 rings (SSSR count). The lowest BCUT2D eigenvalue weighted by Gasteiger charge is -2.21. The van der Waals surface area contributed by atoms with Gasteiger partial charge in [-0.25, -0.2) is 13.9 Å². The molecule has 2 aliphatic rings. The highest BCUT2D eigenvalue weighted by molar-refractivity contribution is 7.61. The highest BCUT2D eigenvalue weighted by Gasteiger charge is 2.46. The fraction of sp³-hybridized carbons (Fsp3) is 0.692. The summed E-state index contributed by atoms with van der Waals surface area (Å²) in [6, 6.07) is 1.24. The first-order chi connectivity index (χ1) is 35.1. The molecule has 0 bridgehead atoms. The Hall–Kier alpha value is -3.58. The normalized spacial score (nSPS) is 22.2. The summed E-state index contributed by atoms with van der Waals surface area (Å²) in [5, 5.41) is 20.9. The second kappa shape index (κ2) is 37.2. The molecule has 0 spiro atoms. The number of nitrogens with two attached hydrogens (primary N) is 1. The Morgan fingerprint density at radius 2 is 1.22 bits per heavy atom. The van der Waals surface area contributed by atoms with Crippen LogP contribution in [0.3, 0.4) is 0 Å². The van der Waals surface area contributed by atoms with Gasteiger partial charge in [0.25, 0.3) is 0 Å². The van der Waals surface area contributed by atoms with Crippen LogP contribution < -0.4 is 11.4 Å². The van der Waals surface area contributed by atoms with Gasteiger partial charge in [-0.1, -0.05) is 164 Å². The number of epoxide rings is 1. The molecular formula is C52H85N3O16P2. The molecule has 2 saturated heterocycles. The van der Waals surface area contributed by atoms with Crippen LogP contribution in [0.5, 0.6) is 0 Å². The van der Waals surface area contributed by atoms with E-state index in [1.165, 1.54) is 70.3 Å². The molecule has 0 aromatic carbocycles. The molecule has 2 fully saturated rings. The summed E-state index contributed by atoms with van der Waals surface area (Å²) < 4.78 is 62.4. The number of nitrogen functional groups attached to an aromatic ring is 1. The van der Waals surface area contributed by atoms with Crippen LogP contribution in [0.15, 0.2) is 77.8 Å². The average Bonchev–Trinajstić information content (AvgIpc) is 4.04. The van der Waals surface area contributed by atoms with Crippen molar-refractivity contribution in [2.45, 2.75) is 211 Å². The minimum Gasteiger partial charge on any atom is -0.462 e. The van der Waals surface area contributed by atoms with E-state index in [9.17, 15) is 43.5 Å². The summed E-state index contributed by atoms with van der Waals surface area (Å²) in [5.41, 5.74) is 4.59. The number of carbonyl (C=O) groups excluding carboxylic acids is 2. The van der Waals surface area contributed by atoms with Gasteiger partial charge in [-0.05, 0) is 57.4 Å². The smallest absolute Gasteiger partial charge is 0.462 e. The summed E-state index contributed by atoms with van der Waals surface area (Å²) in [6.45, 7) is 1.97. The molecule has 4 unspecified atom stereocenters. The van der Waals surface area contributed by atoms with E-state index in [1.54, 1.807) is 0 Å². The molecule has 2 aliphatic heterocycles. The quantitative estimate of drug-likeness (QED) is 0.0134. The summed E-state index contributed by atoms with van der Waals surface area (Å²) >= 11 is 0. The van der Waals surface area contributed by atoms with E-state index in [0.29, 0.717) is 31.5 Å². The third-order valence-corrected chi connectivity index (χ3v) is 14.6. The molecule has 0 saturated carbocycles. The van der Waals surface area contributed by atoms with Gasteiger partial charge in [-0.15, -0.1) is 0 Å². The number of allylic oxidation sites excluding steroid dienone is 8. The highest BCUT2D eigenvalue weighted by atomic mass is 31.3. The monoisotopic (exact) mass is 1070 g/mol. The minimum atomic E-state index is -5.44. The van der Waals surface area contributed by atoms with Gasteiger partial charge in [0.05, 0.1) is 25.4 Å². The van der Waals surface area contributed by atoms with Gasteiger partial charge in [0.15, 0.2) is 12.3 Å². The Balaban J connectivity index is 1.40. The molecule has 21 heteroatoms. The largest absolute Gasteiger partial charge is 0.481 e. The van der Waals surface area contributed by atoms with Crippen molar-refractivity contribution in [2.24, 2.45) is 0 Å². The number of unbranched alkanes of at least 4 members (excludes halogenated alkanes) is 14. The van der Waals surface area contributed by atoms with Crippen molar-refractivity contribution in [1.29, 1.82) is 0 Å². The maximum Gasteiger partial charge on any atom is 0.481 e. The molecule has 9 atom stereocenters. The lowest BCUT2D eigenvalue weighted by molar-refractivity contribution is -0.161. The van der Waals surface area contributed by atoms with E-state index in [-0.39, 0.29) is 18.7 Å². The number of hydrogen-bond donors (Lipinski definition) is 5. The molecule has 19 nitrogen and oxygen atoms in total. The van der Waals surface area contributed by atoms with Gasteiger partial charge in [0.2, 0.25) is 0 Å². The Morgan fingerprint density at radius 1 is 0.685 bits per heavy atom. The number of carbonyl (C=O) groups is 2. The first-order valence-electron chi connectivity index (χ1n) is 26.4. The van der Waals surface area contributed by atoms with E-state index < -0.39 is 83.7 Å². The second-order valence-electron chi connectivity index (χ2n) is 18.4. The van der Waals surface area contributed by atoms with Gasteiger partial charge < -0.3 is 44.7 Å². The molecule has 73 heavy (non-hydrogen) atoms. The molecule has 0 amide bonds. The van der Waals surface area contributed by atoms with E-state index in [0.717, 1.165) is 68.6 Å². The number of hydrogen-bond acceptors (Lipinski definition) is 16. The molecule has 3 heterocycles. The molecule has 0 aliphatic carbocycles. The van der Waals surface area contributed by atoms with Gasteiger partial charge in [0.1, 0.15) is 30.7 Å². The molecule has 1 aromatic heterocycles. The fourth-order valence-corrected chi connectivity index (χ4v) is 9.96. The molecule has 1 aromatic rings. The number of rotatable bonds is 42. The predicted octanol–water partition coefficient (Wildman–Crippen LogP) is 10.1. The van der Waals surface area contributed by atoms with E-state index in [1.807, 2.05) is 18.2 Å². The van der Waals surface area contributed by atoms with Crippen molar-refractivity contribution in [2.75, 3.05) is 25.6 Å². The van der Waals surface area contributed by atoms with Crippen LogP contribution in [0, 0.1) is 0 Å². The van der Waals surface area contributed by atoms with E-state index in [4.69, 9.17) is 33.7 Å². The van der Waals surface area contributed by atoms with Gasteiger partial charge in [-0.3, -0.25) is 23.2 Å². The number of aliphatic hydroxyl groups is 2. The van der Waals surface area contributed by atoms with E-state index >= 15 is 0 Å². The van der Waals surface area contributed by atoms with Crippen molar-refractivity contribution in [3.8, 4) is 0 Å². The number of aliphatic hydroxyl groups excluding tert-OH is 2. The Morgan fingerprint density at radius 3 is 1.79 bits per heavy atom. The van der Waals surface area contributed by atoms with Crippen molar-refractivity contribution < 1.29 is 71.0 Å². The number of phosphoric acid groups is 2. The van der Waals surface area contributed by atoms with Crippen molar-refractivity contribution in [1.82, 2.24) is 9.55 Å². The number of esters is 2. The standard InChI is InChI=1S/C52H85N3O16P2/c1-3-5-7-8-9-10-11-12-13-14-19-22-25-28-32-36-48(57)68-42(39-65-47(56)35-31-27-24-21-18-16-15-17-20-23-26-30-34-44-43(69-44)33-29-6-4-2)40-66-72(61,62)71-73(63,64)67-41-45-49(58)50(59)51(70-45)55-38-37-46(53)54-52(55)60/h6,16-18,20,24,26-27,29-30,37-38,42-45,49-51,58-59H,3-5,7-15,19,21-23,25,28,31-36,39-41H2,1-2H3,(H,61,62)(H,63,64)(H2,53,54,60)/b18-16-,20-17-,27-24-,29-6-,30-26-/t42-,43?,44?,45-,49-,50-,51-/m1/s1. The predicted molar refractivity (Wildman–Crippen MR) is 279 cm³/mol. The number of nitrogens with zero attached hydrogens (tertiary/aromatic N) is 2. The van der Waals surface area contributed by atoms with Crippen LogP contribution >= 0.6 is 15.6 Å². The first kappa shape index (κ1) is 63.7. The fourth-order valence-electron chi connectivity index (χ4n) is 7.85. The molecule has 414 valence electrons. The summed E-state index contributed by atoms with van der Waals surface area (Å²) in [7, 11) is -10.9. The third kappa shape index (κ3) is 29.3. The SMILES string of the molecule is CC/C=C\CC1OC1C/C=C\C/C=C\C/C=C\C/C=C\CCC(=O)OC[C@H](COP(=O)(O)OP(=O)(O)OC[C@H]1O[C@@H](n2ccc(N)nc2=O)[C@H](O)[C@@H]1O)OC(=O)CCCCCCCCCCCCCCCCC.